The van der Waals surface area contributed by atoms with Crippen LogP contribution in [0.25, 0.3) is 22.3 Å². The largest absolute Gasteiger partial charge is 0.401 e. The molecule has 4 aromatic rings. The van der Waals surface area contributed by atoms with E-state index in [4.69, 9.17) is 11.6 Å². The SMILES string of the molecule is C[C@H](NCC(F)(F)F)C(=O)Nc1cncc(-c2cn(S(=O)(=O)c3ccccc3)c3ncc(Cl)cc23)n1. The summed E-state index contributed by atoms with van der Waals surface area (Å²) in [5.74, 6) is -0.801. The molecule has 0 spiro atoms. The molecule has 2 N–H and O–H groups in total. The number of pyridine rings is 1. The van der Waals surface area contributed by atoms with Gasteiger partial charge in [0.15, 0.2) is 11.5 Å². The highest BCUT2D eigenvalue weighted by Gasteiger charge is 2.29. The highest BCUT2D eigenvalue weighted by atomic mass is 35.5. The van der Waals surface area contributed by atoms with Crippen molar-refractivity contribution in [3.05, 3.63) is 66.2 Å². The van der Waals surface area contributed by atoms with Gasteiger partial charge in [-0.3, -0.25) is 15.1 Å². The van der Waals surface area contributed by atoms with Crippen LogP contribution in [0.5, 0.6) is 0 Å². The van der Waals surface area contributed by atoms with E-state index in [-0.39, 0.29) is 27.1 Å². The first-order valence-electron chi connectivity index (χ1n) is 10.4. The lowest BCUT2D eigenvalue weighted by Gasteiger charge is -2.15. The van der Waals surface area contributed by atoms with Crippen molar-refractivity contribution < 1.29 is 26.4 Å². The van der Waals surface area contributed by atoms with Crippen LogP contribution in [-0.4, -0.2) is 52.0 Å². The Hall–Kier alpha value is -3.55. The van der Waals surface area contributed by atoms with Crippen LogP contribution < -0.4 is 10.6 Å². The van der Waals surface area contributed by atoms with Crippen LogP contribution in [0.2, 0.25) is 5.02 Å². The van der Waals surface area contributed by atoms with Crippen LogP contribution in [0.3, 0.4) is 0 Å². The molecule has 1 atom stereocenters. The van der Waals surface area contributed by atoms with Crippen molar-refractivity contribution in [3.63, 3.8) is 0 Å². The zero-order valence-corrected chi connectivity index (χ0v) is 20.1. The number of carbonyl (C=O) groups excluding carboxylic acids is 1. The first kappa shape index (κ1) is 25.5. The number of benzene rings is 1. The number of fused-ring (bicyclic) bond motifs is 1. The second-order valence-electron chi connectivity index (χ2n) is 7.68. The fourth-order valence-electron chi connectivity index (χ4n) is 3.30. The predicted octanol–water partition coefficient (Wildman–Crippen LogP) is 3.86. The zero-order chi connectivity index (χ0) is 26.1. The topological polar surface area (TPSA) is 119 Å². The molecule has 188 valence electrons. The lowest BCUT2D eigenvalue weighted by molar-refractivity contribution is -0.129. The lowest BCUT2D eigenvalue weighted by atomic mass is 10.2. The molecule has 1 amide bonds. The van der Waals surface area contributed by atoms with Crippen LogP contribution >= 0.6 is 11.6 Å². The molecule has 1 aromatic carbocycles. The average Bonchev–Trinajstić information content (AvgIpc) is 3.22. The van der Waals surface area contributed by atoms with E-state index in [0.29, 0.717) is 10.9 Å². The fraction of sp³-hybridized carbons (Fsp3) is 0.182. The van der Waals surface area contributed by atoms with Crippen molar-refractivity contribution in [2.75, 3.05) is 11.9 Å². The molecule has 0 aliphatic carbocycles. The number of nitrogens with one attached hydrogen (secondary N) is 2. The highest BCUT2D eigenvalue weighted by Crippen LogP contribution is 2.32. The molecule has 0 aliphatic rings. The highest BCUT2D eigenvalue weighted by molar-refractivity contribution is 7.90. The minimum absolute atomic E-state index is 0.0395. The maximum Gasteiger partial charge on any atom is 0.401 e. The number of hydrogen-bond acceptors (Lipinski definition) is 7. The molecular weight excluding hydrogens is 521 g/mol. The molecule has 0 fully saturated rings. The summed E-state index contributed by atoms with van der Waals surface area (Å²) in [6, 6.07) is 8.11. The van der Waals surface area contributed by atoms with Gasteiger partial charge < -0.3 is 5.32 Å². The number of alkyl halides is 3. The fourth-order valence-corrected chi connectivity index (χ4v) is 4.80. The summed E-state index contributed by atoms with van der Waals surface area (Å²) in [5, 5.41) is 5.09. The minimum Gasteiger partial charge on any atom is -0.308 e. The second kappa shape index (κ2) is 9.84. The van der Waals surface area contributed by atoms with Crippen LogP contribution in [-0.2, 0) is 14.8 Å². The van der Waals surface area contributed by atoms with Crippen LogP contribution in [0, 0.1) is 0 Å². The number of carbonyl (C=O) groups is 1. The van der Waals surface area contributed by atoms with Gasteiger partial charge in [-0.1, -0.05) is 29.8 Å². The summed E-state index contributed by atoms with van der Waals surface area (Å²) >= 11 is 6.11. The molecule has 9 nitrogen and oxygen atoms in total. The summed E-state index contributed by atoms with van der Waals surface area (Å²) in [4.78, 5) is 24.9. The number of aromatic nitrogens is 4. The first-order chi connectivity index (χ1) is 17.0. The van der Waals surface area contributed by atoms with Gasteiger partial charge in [0.1, 0.15) is 0 Å². The molecule has 36 heavy (non-hydrogen) atoms. The van der Waals surface area contributed by atoms with E-state index in [9.17, 15) is 26.4 Å². The van der Waals surface area contributed by atoms with Crippen molar-refractivity contribution in [2.24, 2.45) is 0 Å². The number of halogens is 4. The Morgan fingerprint density at radius 2 is 1.89 bits per heavy atom. The molecule has 0 unspecified atom stereocenters. The molecule has 0 saturated heterocycles. The number of anilines is 1. The summed E-state index contributed by atoms with van der Waals surface area (Å²) in [6.07, 6.45) is 0.707. The lowest BCUT2D eigenvalue weighted by Crippen LogP contribution is -2.42. The van der Waals surface area contributed by atoms with E-state index >= 15 is 0 Å². The summed E-state index contributed by atoms with van der Waals surface area (Å²) < 4.78 is 64.9. The Labute approximate surface area is 208 Å². The Morgan fingerprint density at radius 1 is 1.17 bits per heavy atom. The number of rotatable bonds is 7. The number of nitrogens with zero attached hydrogens (tertiary/aromatic N) is 4. The van der Waals surface area contributed by atoms with Crippen molar-refractivity contribution in [1.29, 1.82) is 0 Å². The third-order valence-electron chi connectivity index (χ3n) is 5.04. The second-order valence-corrected chi connectivity index (χ2v) is 9.93. The Balaban J connectivity index is 1.71. The molecule has 0 radical (unpaired) electrons. The summed E-state index contributed by atoms with van der Waals surface area (Å²) in [5.41, 5.74) is 0.589. The Kier molecular flexibility index (Phi) is 6.98. The molecule has 0 aliphatic heterocycles. The van der Waals surface area contributed by atoms with Crippen molar-refractivity contribution >= 4 is 44.4 Å². The van der Waals surface area contributed by atoms with Crippen molar-refractivity contribution in [1.82, 2.24) is 24.2 Å². The zero-order valence-electron chi connectivity index (χ0n) is 18.5. The van der Waals surface area contributed by atoms with Gasteiger partial charge in [0.2, 0.25) is 5.91 Å². The standard InChI is InChI=1S/C22H18ClF3N6O3S/c1-13(29-12-22(24,25)26)21(33)31-19-10-27-9-18(30-19)17-11-32(20-16(17)7-14(23)8-28-20)36(34,35)15-5-3-2-4-6-15/h2-11,13,29H,12H2,1H3,(H,30,31,33)/t13-/m0/s1. The smallest absolute Gasteiger partial charge is 0.308 e. The van der Waals surface area contributed by atoms with Gasteiger partial charge in [0.25, 0.3) is 10.0 Å². The third-order valence-corrected chi connectivity index (χ3v) is 6.91. The van der Waals surface area contributed by atoms with Crippen LogP contribution in [0.15, 0.2) is 66.1 Å². The van der Waals surface area contributed by atoms with Crippen molar-refractivity contribution in [3.8, 4) is 11.3 Å². The summed E-state index contributed by atoms with van der Waals surface area (Å²) in [6.45, 7) is -0.0649. The van der Waals surface area contributed by atoms with Gasteiger partial charge in [-0.05, 0) is 25.1 Å². The molecule has 0 saturated carbocycles. The van der Waals surface area contributed by atoms with Crippen LogP contribution in [0.4, 0.5) is 19.0 Å². The van der Waals surface area contributed by atoms with Crippen molar-refractivity contribution in [2.45, 2.75) is 24.0 Å². The molecule has 3 aromatic heterocycles. The molecule has 4 rings (SSSR count). The minimum atomic E-state index is -4.47. The van der Waals surface area contributed by atoms with E-state index in [1.807, 2.05) is 0 Å². The predicted molar refractivity (Wildman–Crippen MR) is 127 cm³/mol. The third kappa shape index (κ3) is 5.48. The van der Waals surface area contributed by atoms with E-state index in [1.54, 1.807) is 18.2 Å². The van der Waals surface area contributed by atoms with E-state index in [1.165, 1.54) is 49.9 Å². The maximum atomic E-state index is 13.3. The number of hydrogen-bond donors (Lipinski definition) is 2. The van der Waals surface area contributed by atoms with Gasteiger partial charge in [-0.15, -0.1) is 0 Å². The van der Waals surface area contributed by atoms with Gasteiger partial charge >= 0.3 is 6.18 Å². The van der Waals surface area contributed by atoms with E-state index in [2.05, 4.69) is 25.6 Å². The normalized spacial score (nSPS) is 13.0. The maximum absolute atomic E-state index is 13.3. The molecule has 0 bridgehead atoms. The molecule has 14 heteroatoms. The molecular formula is C22H18ClF3N6O3S. The average molecular weight is 539 g/mol. The number of amides is 1. The monoisotopic (exact) mass is 538 g/mol. The van der Waals surface area contributed by atoms with Gasteiger partial charge in [0.05, 0.1) is 40.6 Å². The first-order valence-corrected chi connectivity index (χ1v) is 12.2. The quantitative estimate of drug-likeness (QED) is 0.367. The molecule has 3 heterocycles. The van der Waals surface area contributed by atoms with Crippen LogP contribution in [0.1, 0.15) is 6.92 Å². The van der Waals surface area contributed by atoms with Gasteiger partial charge in [-0.2, -0.15) is 13.2 Å². The Bertz CT molecular complexity index is 1530. The van der Waals surface area contributed by atoms with E-state index in [0.717, 1.165) is 3.97 Å². The Morgan fingerprint density at radius 3 is 2.58 bits per heavy atom. The van der Waals surface area contributed by atoms with E-state index < -0.39 is 34.7 Å². The van der Waals surface area contributed by atoms with Gasteiger partial charge in [-0.25, -0.2) is 22.4 Å². The van der Waals surface area contributed by atoms with Gasteiger partial charge in [0, 0.05) is 23.3 Å². The summed E-state index contributed by atoms with van der Waals surface area (Å²) in [7, 11) is -4.03.